The Hall–Kier alpha value is -2.07. The summed E-state index contributed by atoms with van der Waals surface area (Å²) >= 11 is 0. The van der Waals surface area contributed by atoms with Crippen LogP contribution < -0.4 is 10.1 Å². The molecule has 2 N–H and O–H groups in total. The summed E-state index contributed by atoms with van der Waals surface area (Å²) in [6.45, 7) is 1.85. The zero-order chi connectivity index (χ0) is 13.5. The van der Waals surface area contributed by atoms with Crippen LogP contribution in [0.15, 0.2) is 48.5 Å². The summed E-state index contributed by atoms with van der Waals surface area (Å²) in [7, 11) is 0. The number of phenolic OH excluding ortho intramolecular Hbond substituents is 1. The fourth-order valence-electron chi connectivity index (χ4n) is 1.67. The van der Waals surface area contributed by atoms with Crippen LogP contribution in [0.3, 0.4) is 0 Å². The standard InChI is InChI=1S/C15H16FNO2/c16-13-4-6-15(7-5-13)19-9-8-17-11-12-2-1-3-14(18)10-12/h1-7,10,17-18H,8-9,11H2. The van der Waals surface area contributed by atoms with Crippen molar-refractivity contribution in [1.29, 1.82) is 0 Å². The Morgan fingerprint density at radius 1 is 1.11 bits per heavy atom. The van der Waals surface area contributed by atoms with Crippen LogP contribution in [-0.2, 0) is 6.54 Å². The molecule has 2 aromatic carbocycles. The summed E-state index contributed by atoms with van der Waals surface area (Å²) in [6, 6.07) is 13.0. The SMILES string of the molecule is Oc1cccc(CNCCOc2ccc(F)cc2)c1. The number of aromatic hydroxyl groups is 1. The lowest BCUT2D eigenvalue weighted by atomic mass is 10.2. The van der Waals surface area contributed by atoms with Gasteiger partial charge in [-0.05, 0) is 42.0 Å². The highest BCUT2D eigenvalue weighted by atomic mass is 19.1. The predicted octanol–water partition coefficient (Wildman–Crippen LogP) is 2.70. The fourth-order valence-corrected chi connectivity index (χ4v) is 1.67. The number of rotatable bonds is 6. The van der Waals surface area contributed by atoms with Crippen LogP contribution in [0.2, 0.25) is 0 Å². The molecule has 2 rings (SSSR count). The summed E-state index contributed by atoms with van der Waals surface area (Å²) in [5, 5.41) is 12.5. The molecule has 0 spiro atoms. The van der Waals surface area contributed by atoms with E-state index in [-0.39, 0.29) is 11.6 Å². The normalized spacial score (nSPS) is 10.4. The van der Waals surface area contributed by atoms with Crippen molar-refractivity contribution in [2.24, 2.45) is 0 Å². The van der Waals surface area contributed by atoms with Gasteiger partial charge in [-0.15, -0.1) is 0 Å². The molecule has 3 nitrogen and oxygen atoms in total. The van der Waals surface area contributed by atoms with E-state index in [1.807, 2.05) is 6.07 Å². The minimum absolute atomic E-state index is 0.266. The number of halogens is 1. The molecular formula is C15H16FNO2. The van der Waals surface area contributed by atoms with Gasteiger partial charge in [0.15, 0.2) is 0 Å². The highest BCUT2D eigenvalue weighted by Gasteiger charge is 1.96. The lowest BCUT2D eigenvalue weighted by molar-refractivity contribution is 0.313. The first-order valence-corrected chi connectivity index (χ1v) is 6.11. The molecular weight excluding hydrogens is 245 g/mol. The minimum atomic E-state index is -0.269. The van der Waals surface area contributed by atoms with Gasteiger partial charge in [-0.1, -0.05) is 12.1 Å². The van der Waals surface area contributed by atoms with Crippen LogP contribution in [0.5, 0.6) is 11.5 Å². The smallest absolute Gasteiger partial charge is 0.123 e. The van der Waals surface area contributed by atoms with E-state index in [0.717, 1.165) is 5.56 Å². The van der Waals surface area contributed by atoms with Crippen molar-refractivity contribution >= 4 is 0 Å². The third-order valence-corrected chi connectivity index (χ3v) is 2.60. The van der Waals surface area contributed by atoms with Gasteiger partial charge in [0, 0.05) is 13.1 Å². The highest BCUT2D eigenvalue weighted by Crippen LogP contribution is 2.11. The molecule has 0 saturated carbocycles. The van der Waals surface area contributed by atoms with E-state index in [9.17, 15) is 9.50 Å². The number of ether oxygens (including phenoxy) is 1. The maximum absolute atomic E-state index is 12.7. The van der Waals surface area contributed by atoms with Gasteiger partial charge in [0.2, 0.25) is 0 Å². The number of phenols is 1. The molecule has 0 aromatic heterocycles. The Morgan fingerprint density at radius 3 is 2.63 bits per heavy atom. The summed E-state index contributed by atoms with van der Waals surface area (Å²) in [4.78, 5) is 0. The van der Waals surface area contributed by atoms with Gasteiger partial charge >= 0.3 is 0 Å². The highest BCUT2D eigenvalue weighted by molar-refractivity contribution is 5.27. The van der Waals surface area contributed by atoms with Crippen LogP contribution >= 0.6 is 0 Å². The number of hydrogen-bond acceptors (Lipinski definition) is 3. The van der Waals surface area contributed by atoms with Crippen LogP contribution in [0.4, 0.5) is 4.39 Å². The van der Waals surface area contributed by atoms with Gasteiger partial charge < -0.3 is 15.2 Å². The molecule has 0 bridgehead atoms. The third-order valence-electron chi connectivity index (χ3n) is 2.60. The third kappa shape index (κ3) is 4.60. The van der Waals surface area contributed by atoms with Crippen molar-refractivity contribution in [3.8, 4) is 11.5 Å². The second kappa shape index (κ2) is 6.75. The van der Waals surface area contributed by atoms with Gasteiger partial charge in [-0.3, -0.25) is 0 Å². The largest absolute Gasteiger partial charge is 0.508 e. The average molecular weight is 261 g/mol. The molecule has 0 fully saturated rings. The maximum atomic E-state index is 12.7. The van der Waals surface area contributed by atoms with E-state index in [2.05, 4.69) is 5.32 Å². The Morgan fingerprint density at radius 2 is 1.89 bits per heavy atom. The number of benzene rings is 2. The van der Waals surface area contributed by atoms with E-state index in [0.29, 0.717) is 25.4 Å². The van der Waals surface area contributed by atoms with Gasteiger partial charge in [-0.2, -0.15) is 0 Å². The summed E-state index contributed by atoms with van der Waals surface area (Å²) in [5.74, 6) is 0.650. The van der Waals surface area contributed by atoms with Gasteiger partial charge in [0.25, 0.3) is 0 Å². The Balaban J connectivity index is 1.66. The summed E-state index contributed by atoms with van der Waals surface area (Å²) in [5.41, 5.74) is 1.02. The van der Waals surface area contributed by atoms with Crippen LogP contribution in [0.1, 0.15) is 5.56 Å². The molecule has 0 aliphatic carbocycles. The second-order valence-corrected chi connectivity index (χ2v) is 4.15. The van der Waals surface area contributed by atoms with E-state index in [1.165, 1.54) is 12.1 Å². The molecule has 0 saturated heterocycles. The van der Waals surface area contributed by atoms with Crippen molar-refractivity contribution in [2.45, 2.75) is 6.54 Å². The first-order chi connectivity index (χ1) is 9.24. The lowest BCUT2D eigenvalue weighted by Crippen LogP contribution is -2.20. The molecule has 19 heavy (non-hydrogen) atoms. The molecule has 0 aliphatic rings. The van der Waals surface area contributed by atoms with Crippen molar-refractivity contribution < 1.29 is 14.2 Å². The zero-order valence-electron chi connectivity index (χ0n) is 10.5. The zero-order valence-corrected chi connectivity index (χ0v) is 10.5. The van der Waals surface area contributed by atoms with Crippen LogP contribution in [0, 0.1) is 5.82 Å². The van der Waals surface area contributed by atoms with Gasteiger partial charge in [-0.25, -0.2) is 4.39 Å². The predicted molar refractivity (Wildman–Crippen MR) is 71.7 cm³/mol. The van der Waals surface area contributed by atoms with Gasteiger partial charge in [0.05, 0.1) is 0 Å². The van der Waals surface area contributed by atoms with E-state index in [4.69, 9.17) is 4.74 Å². The lowest BCUT2D eigenvalue weighted by Gasteiger charge is -2.07. The first kappa shape index (κ1) is 13.4. The monoisotopic (exact) mass is 261 g/mol. The van der Waals surface area contributed by atoms with Crippen molar-refractivity contribution in [1.82, 2.24) is 5.32 Å². The van der Waals surface area contributed by atoms with E-state index >= 15 is 0 Å². The number of nitrogens with one attached hydrogen (secondary N) is 1. The van der Waals surface area contributed by atoms with Crippen LogP contribution in [-0.4, -0.2) is 18.3 Å². The maximum Gasteiger partial charge on any atom is 0.123 e. The molecule has 0 amide bonds. The molecule has 0 radical (unpaired) electrons. The van der Waals surface area contributed by atoms with Crippen molar-refractivity contribution in [3.05, 3.63) is 59.9 Å². The average Bonchev–Trinajstić information content (AvgIpc) is 2.41. The molecule has 0 unspecified atom stereocenters. The quantitative estimate of drug-likeness (QED) is 0.786. The molecule has 0 heterocycles. The van der Waals surface area contributed by atoms with Gasteiger partial charge in [0.1, 0.15) is 23.9 Å². The summed E-state index contributed by atoms with van der Waals surface area (Å²) in [6.07, 6.45) is 0. The molecule has 4 heteroatoms. The Kier molecular flexibility index (Phi) is 4.75. The first-order valence-electron chi connectivity index (χ1n) is 6.11. The van der Waals surface area contributed by atoms with E-state index in [1.54, 1.807) is 30.3 Å². The molecule has 100 valence electrons. The van der Waals surface area contributed by atoms with E-state index < -0.39 is 0 Å². The molecule has 2 aromatic rings. The van der Waals surface area contributed by atoms with Crippen molar-refractivity contribution in [3.63, 3.8) is 0 Å². The minimum Gasteiger partial charge on any atom is -0.508 e. The number of hydrogen-bond donors (Lipinski definition) is 2. The Labute approximate surface area is 111 Å². The molecule has 0 aliphatic heterocycles. The fraction of sp³-hybridized carbons (Fsp3) is 0.200. The summed E-state index contributed by atoms with van der Waals surface area (Å²) < 4.78 is 18.1. The topological polar surface area (TPSA) is 41.5 Å². The second-order valence-electron chi connectivity index (χ2n) is 4.15. The van der Waals surface area contributed by atoms with Crippen molar-refractivity contribution in [2.75, 3.05) is 13.2 Å². The Bertz CT molecular complexity index is 514. The van der Waals surface area contributed by atoms with Crippen LogP contribution in [0.25, 0.3) is 0 Å². The molecule has 0 atom stereocenters.